The summed E-state index contributed by atoms with van der Waals surface area (Å²) in [4.78, 5) is 2.56. The zero-order valence-corrected chi connectivity index (χ0v) is 12.9. The van der Waals surface area contributed by atoms with Crippen molar-refractivity contribution in [1.29, 1.82) is 0 Å². The number of hydrogen-bond acceptors (Lipinski definition) is 2. The molecule has 0 heterocycles. The molecule has 1 N–H and O–H groups in total. The van der Waals surface area contributed by atoms with Gasteiger partial charge in [0.1, 0.15) is 0 Å². The van der Waals surface area contributed by atoms with Gasteiger partial charge in [-0.15, -0.1) is 0 Å². The Morgan fingerprint density at radius 2 is 2.05 bits per heavy atom. The van der Waals surface area contributed by atoms with E-state index in [2.05, 4.69) is 56.1 Å². The zero-order chi connectivity index (χ0) is 13.8. The molecule has 0 bridgehead atoms. The lowest BCUT2D eigenvalue weighted by atomic mass is 10.1. The maximum absolute atomic E-state index is 3.51. The minimum absolute atomic E-state index is 0.714. The molecule has 0 atom stereocenters. The van der Waals surface area contributed by atoms with Crippen molar-refractivity contribution < 1.29 is 0 Å². The van der Waals surface area contributed by atoms with Crippen LogP contribution in [0.2, 0.25) is 0 Å². The number of aryl methyl sites for hydroxylation is 1. The van der Waals surface area contributed by atoms with Crippen molar-refractivity contribution in [2.45, 2.75) is 53.1 Å². The fraction of sp³-hybridized carbons (Fsp3) is 0.647. The molecular weight excluding hydrogens is 232 g/mol. The van der Waals surface area contributed by atoms with Crippen molar-refractivity contribution in [3.05, 3.63) is 29.3 Å². The van der Waals surface area contributed by atoms with E-state index in [1.807, 2.05) is 0 Å². The third-order valence-corrected chi connectivity index (χ3v) is 3.78. The van der Waals surface area contributed by atoms with Crippen LogP contribution in [0.15, 0.2) is 18.2 Å². The van der Waals surface area contributed by atoms with Crippen molar-refractivity contribution in [3.8, 4) is 0 Å². The summed E-state index contributed by atoms with van der Waals surface area (Å²) >= 11 is 0. The SMILES string of the molecule is CCN(c1ccc(CNCC(C)C)cc1C)C1CC1. The van der Waals surface area contributed by atoms with E-state index < -0.39 is 0 Å². The first-order chi connectivity index (χ1) is 9.11. The number of nitrogens with zero attached hydrogens (tertiary/aromatic N) is 1. The monoisotopic (exact) mass is 260 g/mol. The van der Waals surface area contributed by atoms with E-state index >= 15 is 0 Å². The summed E-state index contributed by atoms with van der Waals surface area (Å²) < 4.78 is 0. The molecule has 106 valence electrons. The van der Waals surface area contributed by atoms with Gasteiger partial charge in [0.15, 0.2) is 0 Å². The fourth-order valence-electron chi connectivity index (χ4n) is 2.67. The molecule has 2 rings (SSSR count). The van der Waals surface area contributed by atoms with E-state index in [1.165, 1.54) is 29.7 Å². The van der Waals surface area contributed by atoms with Crippen LogP contribution in [-0.2, 0) is 6.54 Å². The number of hydrogen-bond donors (Lipinski definition) is 1. The second-order valence-corrected chi connectivity index (χ2v) is 6.16. The second kappa shape index (κ2) is 6.42. The Morgan fingerprint density at radius 1 is 1.32 bits per heavy atom. The van der Waals surface area contributed by atoms with E-state index in [4.69, 9.17) is 0 Å². The summed E-state index contributed by atoms with van der Waals surface area (Å²) in [6, 6.07) is 7.73. The Balaban J connectivity index is 1.99. The largest absolute Gasteiger partial charge is 0.369 e. The van der Waals surface area contributed by atoms with E-state index in [0.29, 0.717) is 5.92 Å². The molecule has 1 aliphatic carbocycles. The number of anilines is 1. The van der Waals surface area contributed by atoms with E-state index in [-0.39, 0.29) is 0 Å². The smallest absolute Gasteiger partial charge is 0.0398 e. The highest BCUT2D eigenvalue weighted by Crippen LogP contribution is 2.33. The molecule has 0 aromatic heterocycles. The maximum atomic E-state index is 3.51. The molecule has 0 spiro atoms. The third-order valence-electron chi connectivity index (χ3n) is 3.78. The topological polar surface area (TPSA) is 15.3 Å². The van der Waals surface area contributed by atoms with Crippen LogP contribution < -0.4 is 10.2 Å². The highest BCUT2D eigenvalue weighted by Gasteiger charge is 2.28. The zero-order valence-electron chi connectivity index (χ0n) is 12.9. The van der Waals surface area contributed by atoms with Crippen molar-refractivity contribution in [1.82, 2.24) is 5.32 Å². The van der Waals surface area contributed by atoms with Crippen molar-refractivity contribution >= 4 is 5.69 Å². The van der Waals surface area contributed by atoms with Crippen LogP contribution in [-0.4, -0.2) is 19.1 Å². The minimum Gasteiger partial charge on any atom is -0.369 e. The summed E-state index contributed by atoms with van der Waals surface area (Å²) in [6.45, 7) is 12.2. The van der Waals surface area contributed by atoms with Gasteiger partial charge >= 0.3 is 0 Å². The standard InChI is InChI=1S/C17H28N2/c1-5-19(16-7-8-16)17-9-6-15(10-14(17)4)12-18-11-13(2)3/h6,9-10,13,16,18H,5,7-8,11-12H2,1-4H3. The van der Waals surface area contributed by atoms with Crippen molar-refractivity contribution in [3.63, 3.8) is 0 Å². The van der Waals surface area contributed by atoms with Crippen LogP contribution in [0, 0.1) is 12.8 Å². The number of benzene rings is 1. The number of nitrogens with one attached hydrogen (secondary N) is 1. The van der Waals surface area contributed by atoms with Crippen LogP contribution in [0.1, 0.15) is 44.7 Å². The Labute approximate surface area is 118 Å². The molecular formula is C17H28N2. The van der Waals surface area contributed by atoms with E-state index in [1.54, 1.807) is 0 Å². The summed E-state index contributed by atoms with van der Waals surface area (Å²) in [5.74, 6) is 0.714. The third kappa shape index (κ3) is 3.97. The first kappa shape index (κ1) is 14.4. The van der Waals surface area contributed by atoms with Gasteiger partial charge in [-0.2, -0.15) is 0 Å². The highest BCUT2D eigenvalue weighted by atomic mass is 15.2. The molecule has 1 aromatic carbocycles. The average Bonchev–Trinajstić information content (AvgIpc) is 3.17. The quantitative estimate of drug-likeness (QED) is 0.803. The molecule has 19 heavy (non-hydrogen) atoms. The highest BCUT2D eigenvalue weighted by molar-refractivity contribution is 5.56. The molecule has 0 amide bonds. The van der Waals surface area contributed by atoms with Gasteiger partial charge in [-0.05, 0) is 56.3 Å². The van der Waals surface area contributed by atoms with Gasteiger partial charge < -0.3 is 10.2 Å². The van der Waals surface area contributed by atoms with Crippen LogP contribution >= 0.6 is 0 Å². The Hall–Kier alpha value is -1.02. The summed E-state index contributed by atoms with van der Waals surface area (Å²) in [7, 11) is 0. The van der Waals surface area contributed by atoms with E-state index in [9.17, 15) is 0 Å². The average molecular weight is 260 g/mol. The predicted molar refractivity (Wildman–Crippen MR) is 83.8 cm³/mol. The van der Waals surface area contributed by atoms with Crippen LogP contribution in [0.3, 0.4) is 0 Å². The van der Waals surface area contributed by atoms with Gasteiger partial charge in [-0.1, -0.05) is 26.0 Å². The summed E-state index contributed by atoms with van der Waals surface area (Å²) in [5.41, 5.74) is 4.24. The first-order valence-electron chi connectivity index (χ1n) is 7.68. The van der Waals surface area contributed by atoms with E-state index in [0.717, 1.165) is 25.7 Å². The van der Waals surface area contributed by atoms with Gasteiger partial charge in [0.2, 0.25) is 0 Å². The Kier molecular flexibility index (Phi) is 4.87. The Bertz CT molecular complexity index is 408. The van der Waals surface area contributed by atoms with Gasteiger partial charge in [0, 0.05) is 24.8 Å². The molecule has 0 radical (unpaired) electrons. The second-order valence-electron chi connectivity index (χ2n) is 6.16. The molecule has 1 aliphatic rings. The van der Waals surface area contributed by atoms with Gasteiger partial charge in [-0.3, -0.25) is 0 Å². The van der Waals surface area contributed by atoms with Crippen molar-refractivity contribution in [2.75, 3.05) is 18.0 Å². The van der Waals surface area contributed by atoms with Gasteiger partial charge in [0.05, 0.1) is 0 Å². The van der Waals surface area contributed by atoms with Crippen LogP contribution in [0.4, 0.5) is 5.69 Å². The molecule has 1 fully saturated rings. The molecule has 0 aliphatic heterocycles. The fourth-order valence-corrected chi connectivity index (χ4v) is 2.67. The first-order valence-corrected chi connectivity index (χ1v) is 7.68. The lowest BCUT2D eigenvalue weighted by Gasteiger charge is -2.25. The van der Waals surface area contributed by atoms with Gasteiger partial charge in [-0.25, -0.2) is 0 Å². The number of rotatable bonds is 7. The lowest BCUT2D eigenvalue weighted by molar-refractivity contribution is 0.552. The van der Waals surface area contributed by atoms with Crippen LogP contribution in [0.25, 0.3) is 0 Å². The molecule has 1 saturated carbocycles. The summed E-state index contributed by atoms with van der Waals surface area (Å²) in [5, 5.41) is 3.51. The predicted octanol–water partition coefficient (Wildman–Crippen LogP) is 3.73. The molecule has 2 heteroatoms. The molecule has 2 nitrogen and oxygen atoms in total. The summed E-state index contributed by atoms with van der Waals surface area (Å²) in [6.07, 6.45) is 2.73. The van der Waals surface area contributed by atoms with Crippen LogP contribution in [0.5, 0.6) is 0 Å². The van der Waals surface area contributed by atoms with Crippen molar-refractivity contribution in [2.24, 2.45) is 5.92 Å². The minimum atomic E-state index is 0.714. The Morgan fingerprint density at radius 3 is 2.58 bits per heavy atom. The maximum Gasteiger partial charge on any atom is 0.0398 e. The van der Waals surface area contributed by atoms with Gasteiger partial charge in [0.25, 0.3) is 0 Å². The lowest BCUT2D eigenvalue weighted by Crippen LogP contribution is -2.26. The normalized spacial score (nSPS) is 15.0. The molecule has 0 saturated heterocycles. The molecule has 0 unspecified atom stereocenters. The molecule has 1 aromatic rings.